The van der Waals surface area contributed by atoms with Gasteiger partial charge in [0.25, 0.3) is 0 Å². The Bertz CT molecular complexity index is 597. The third kappa shape index (κ3) is 3.84. The summed E-state index contributed by atoms with van der Waals surface area (Å²) < 4.78 is 5.24. The molecule has 0 aliphatic heterocycles. The Labute approximate surface area is 123 Å². The number of aryl methyl sites for hydroxylation is 1. The minimum absolute atomic E-state index is 0.430. The maximum absolute atomic E-state index is 11.7. The van der Waals surface area contributed by atoms with Crippen LogP contribution in [0.25, 0.3) is 10.4 Å². The molecular formula is C16H19NO2S. The van der Waals surface area contributed by atoms with Crippen LogP contribution >= 0.6 is 11.3 Å². The molecule has 1 heterocycles. The highest BCUT2D eigenvalue weighted by Crippen LogP contribution is 2.29. The smallest absolute Gasteiger partial charge is 0.412 e. The Kier molecular flexibility index (Phi) is 4.14. The predicted octanol–water partition coefficient (Wildman–Crippen LogP) is 5.07. The number of amides is 1. The highest BCUT2D eigenvalue weighted by atomic mass is 32.1. The molecule has 0 atom stereocenters. The van der Waals surface area contributed by atoms with E-state index in [2.05, 4.69) is 16.8 Å². The number of benzene rings is 1. The molecule has 0 fully saturated rings. The van der Waals surface area contributed by atoms with Crippen molar-refractivity contribution in [1.82, 2.24) is 0 Å². The molecule has 0 spiro atoms. The minimum atomic E-state index is -0.490. The molecule has 3 nitrogen and oxygen atoms in total. The van der Waals surface area contributed by atoms with E-state index in [4.69, 9.17) is 4.74 Å². The van der Waals surface area contributed by atoms with Crippen molar-refractivity contribution in [3.8, 4) is 10.4 Å². The molecule has 0 saturated heterocycles. The van der Waals surface area contributed by atoms with Crippen molar-refractivity contribution < 1.29 is 9.53 Å². The van der Waals surface area contributed by atoms with Gasteiger partial charge in [-0.2, -0.15) is 0 Å². The van der Waals surface area contributed by atoms with E-state index in [9.17, 15) is 4.79 Å². The maximum Gasteiger partial charge on any atom is 0.412 e. The summed E-state index contributed by atoms with van der Waals surface area (Å²) in [5, 5.41) is 4.81. The lowest BCUT2D eigenvalue weighted by atomic mass is 10.1. The van der Waals surface area contributed by atoms with Crippen molar-refractivity contribution in [2.45, 2.75) is 33.3 Å². The van der Waals surface area contributed by atoms with E-state index < -0.39 is 11.7 Å². The summed E-state index contributed by atoms with van der Waals surface area (Å²) in [6.07, 6.45) is -0.430. The molecule has 0 aliphatic rings. The summed E-state index contributed by atoms with van der Waals surface area (Å²) >= 11 is 1.71. The van der Waals surface area contributed by atoms with Gasteiger partial charge in [0.05, 0.1) is 0 Å². The van der Waals surface area contributed by atoms with Gasteiger partial charge in [-0.15, -0.1) is 11.3 Å². The van der Waals surface area contributed by atoms with Crippen LogP contribution < -0.4 is 5.32 Å². The number of carbonyl (C=O) groups excluding carboxylic acids is 1. The van der Waals surface area contributed by atoms with Crippen molar-refractivity contribution >= 4 is 23.1 Å². The van der Waals surface area contributed by atoms with Crippen molar-refractivity contribution in [3.05, 3.63) is 41.3 Å². The Balaban J connectivity index is 2.12. The normalized spacial score (nSPS) is 11.2. The average Bonchev–Trinajstić information content (AvgIpc) is 2.79. The maximum atomic E-state index is 11.7. The van der Waals surface area contributed by atoms with Gasteiger partial charge < -0.3 is 4.74 Å². The van der Waals surface area contributed by atoms with E-state index in [-0.39, 0.29) is 0 Å². The topological polar surface area (TPSA) is 38.3 Å². The van der Waals surface area contributed by atoms with Crippen LogP contribution in [0.4, 0.5) is 10.5 Å². The zero-order valence-electron chi connectivity index (χ0n) is 12.2. The summed E-state index contributed by atoms with van der Waals surface area (Å²) in [5.74, 6) is 0. The van der Waals surface area contributed by atoms with E-state index >= 15 is 0 Å². The number of rotatable bonds is 2. The van der Waals surface area contributed by atoms with Gasteiger partial charge >= 0.3 is 6.09 Å². The predicted molar refractivity (Wildman–Crippen MR) is 84.3 cm³/mol. The molecule has 0 unspecified atom stereocenters. The summed E-state index contributed by atoms with van der Waals surface area (Å²) in [7, 11) is 0. The number of hydrogen-bond donors (Lipinski definition) is 1. The second-order valence-corrected chi connectivity index (χ2v) is 6.58. The molecule has 0 bridgehead atoms. The zero-order valence-corrected chi connectivity index (χ0v) is 13.0. The molecule has 0 aliphatic carbocycles. The van der Waals surface area contributed by atoms with Crippen LogP contribution in [-0.4, -0.2) is 11.7 Å². The monoisotopic (exact) mass is 289 g/mol. The summed E-state index contributed by atoms with van der Waals surface area (Å²) in [5.41, 5.74) is 2.57. The molecule has 0 radical (unpaired) electrons. The Morgan fingerprint density at radius 3 is 2.55 bits per heavy atom. The van der Waals surface area contributed by atoms with Gasteiger partial charge in [0.15, 0.2) is 0 Å². The molecule has 2 aromatic rings. The molecule has 4 heteroatoms. The standard InChI is InChI=1S/C16H19NO2S/c1-11-10-12(17-15(18)19-16(2,3)4)7-8-13(11)14-6-5-9-20-14/h5-10H,1-4H3,(H,17,18). The molecule has 106 valence electrons. The molecule has 1 aromatic heterocycles. The van der Waals surface area contributed by atoms with Crippen LogP contribution in [0.15, 0.2) is 35.7 Å². The molecule has 1 amide bonds. The number of ether oxygens (including phenoxy) is 1. The number of anilines is 1. The first-order chi connectivity index (χ1) is 9.35. The van der Waals surface area contributed by atoms with E-state index in [1.54, 1.807) is 11.3 Å². The van der Waals surface area contributed by atoms with Crippen LogP contribution in [-0.2, 0) is 4.74 Å². The van der Waals surface area contributed by atoms with E-state index in [1.807, 2.05) is 52.0 Å². The van der Waals surface area contributed by atoms with Crippen LogP contribution in [0.3, 0.4) is 0 Å². The lowest BCUT2D eigenvalue weighted by molar-refractivity contribution is 0.0636. The number of carbonyl (C=O) groups is 1. The summed E-state index contributed by atoms with van der Waals surface area (Å²) in [6, 6.07) is 10.00. The van der Waals surface area contributed by atoms with E-state index in [0.29, 0.717) is 0 Å². The van der Waals surface area contributed by atoms with Gasteiger partial charge in [-0.25, -0.2) is 4.79 Å². The summed E-state index contributed by atoms with van der Waals surface area (Å²) in [6.45, 7) is 7.57. The SMILES string of the molecule is Cc1cc(NC(=O)OC(C)(C)C)ccc1-c1cccs1. The highest BCUT2D eigenvalue weighted by Gasteiger charge is 2.16. The van der Waals surface area contributed by atoms with Gasteiger partial charge in [-0.05, 0) is 62.4 Å². The molecule has 1 N–H and O–H groups in total. The minimum Gasteiger partial charge on any atom is -0.444 e. The lowest BCUT2D eigenvalue weighted by Gasteiger charge is -2.20. The third-order valence-corrected chi connectivity index (χ3v) is 3.56. The van der Waals surface area contributed by atoms with E-state index in [0.717, 1.165) is 11.3 Å². The molecule has 2 rings (SSSR count). The lowest BCUT2D eigenvalue weighted by Crippen LogP contribution is -2.27. The highest BCUT2D eigenvalue weighted by molar-refractivity contribution is 7.13. The number of nitrogens with one attached hydrogen (secondary N) is 1. The van der Waals surface area contributed by atoms with Crippen LogP contribution in [0, 0.1) is 6.92 Å². The first kappa shape index (κ1) is 14.6. The third-order valence-electron chi connectivity index (χ3n) is 2.66. The first-order valence-electron chi connectivity index (χ1n) is 6.50. The van der Waals surface area contributed by atoms with Crippen molar-refractivity contribution in [2.24, 2.45) is 0 Å². The first-order valence-corrected chi connectivity index (χ1v) is 7.38. The van der Waals surface area contributed by atoms with Gasteiger partial charge in [-0.1, -0.05) is 12.1 Å². The van der Waals surface area contributed by atoms with Crippen molar-refractivity contribution in [2.75, 3.05) is 5.32 Å². The molecule has 1 aromatic carbocycles. The molecular weight excluding hydrogens is 270 g/mol. The summed E-state index contributed by atoms with van der Waals surface area (Å²) in [4.78, 5) is 12.9. The fourth-order valence-electron chi connectivity index (χ4n) is 1.87. The fraction of sp³-hybridized carbons (Fsp3) is 0.312. The quantitative estimate of drug-likeness (QED) is 0.838. The average molecular weight is 289 g/mol. The molecule has 0 saturated carbocycles. The van der Waals surface area contributed by atoms with Gasteiger partial charge in [0.2, 0.25) is 0 Å². The second-order valence-electron chi connectivity index (χ2n) is 5.63. The largest absolute Gasteiger partial charge is 0.444 e. The number of hydrogen-bond acceptors (Lipinski definition) is 3. The van der Waals surface area contributed by atoms with Crippen molar-refractivity contribution in [3.63, 3.8) is 0 Å². The van der Waals surface area contributed by atoms with Crippen LogP contribution in [0.5, 0.6) is 0 Å². The second kappa shape index (κ2) is 5.67. The van der Waals surface area contributed by atoms with Gasteiger partial charge in [0.1, 0.15) is 5.60 Å². The van der Waals surface area contributed by atoms with Crippen molar-refractivity contribution in [1.29, 1.82) is 0 Å². The molecule has 20 heavy (non-hydrogen) atoms. The Morgan fingerprint density at radius 2 is 2.00 bits per heavy atom. The zero-order chi connectivity index (χ0) is 14.8. The number of thiophene rings is 1. The van der Waals surface area contributed by atoms with Crippen LogP contribution in [0.2, 0.25) is 0 Å². The van der Waals surface area contributed by atoms with E-state index in [1.165, 1.54) is 10.4 Å². The van der Waals surface area contributed by atoms with Crippen LogP contribution in [0.1, 0.15) is 26.3 Å². The Hall–Kier alpha value is -1.81. The fourth-order valence-corrected chi connectivity index (χ4v) is 2.69. The van der Waals surface area contributed by atoms with Gasteiger partial charge in [-0.3, -0.25) is 5.32 Å². The van der Waals surface area contributed by atoms with Gasteiger partial charge in [0, 0.05) is 10.6 Å². The Morgan fingerprint density at radius 1 is 1.25 bits per heavy atom.